The third-order valence-corrected chi connectivity index (χ3v) is 4.92. The molecule has 0 radical (unpaired) electrons. The third-order valence-electron chi connectivity index (χ3n) is 3.54. The maximum absolute atomic E-state index is 12.6. The minimum absolute atomic E-state index is 0.149. The minimum Gasteiger partial charge on any atom is -0.465 e. The van der Waals surface area contributed by atoms with Gasteiger partial charge in [0.15, 0.2) is 0 Å². The van der Waals surface area contributed by atoms with Crippen LogP contribution in [0.3, 0.4) is 0 Å². The number of ether oxygens (including phenoxy) is 1. The quantitative estimate of drug-likeness (QED) is 0.459. The largest absolute Gasteiger partial charge is 0.465 e. The van der Waals surface area contributed by atoms with Gasteiger partial charge in [0.2, 0.25) is 0 Å². The maximum Gasteiger partial charge on any atom is 0.340 e. The van der Waals surface area contributed by atoms with Crippen molar-refractivity contribution < 1.29 is 18.7 Å². The molecule has 0 aliphatic carbocycles. The lowest BCUT2D eigenvalue weighted by Gasteiger charge is -2.17. The molecule has 0 bridgehead atoms. The van der Waals surface area contributed by atoms with Gasteiger partial charge in [-0.25, -0.2) is 4.79 Å². The SMILES string of the molecule is CCOC(=O)c1ccccc1NCN1C(=O)C(=Cc2ccco2)SC1=S. The fraction of sp³-hybridized carbons (Fsp3) is 0.167. The number of thiocarbonyl (C=S) groups is 1. The summed E-state index contributed by atoms with van der Waals surface area (Å²) in [6.07, 6.45) is 3.20. The number of nitrogens with zero attached hydrogens (tertiary/aromatic N) is 1. The predicted octanol–water partition coefficient (Wildman–Crippen LogP) is 3.73. The van der Waals surface area contributed by atoms with Crippen LogP contribution in [0.4, 0.5) is 5.69 Å². The number of hydrogen-bond donors (Lipinski definition) is 1. The number of esters is 1. The van der Waals surface area contributed by atoms with E-state index in [-0.39, 0.29) is 12.6 Å². The van der Waals surface area contributed by atoms with Crippen LogP contribution in [0.15, 0.2) is 52.0 Å². The molecule has 1 aromatic carbocycles. The van der Waals surface area contributed by atoms with E-state index in [1.807, 2.05) is 0 Å². The standard InChI is InChI=1S/C18H16N2O4S2/c1-2-23-17(22)13-7-3-4-8-14(13)19-11-20-16(21)15(26-18(20)25)10-12-6-5-9-24-12/h3-10,19H,2,11H2,1H3. The topological polar surface area (TPSA) is 71.8 Å². The Morgan fingerprint density at radius 1 is 1.35 bits per heavy atom. The minimum atomic E-state index is -0.418. The van der Waals surface area contributed by atoms with Gasteiger partial charge in [-0.3, -0.25) is 9.69 Å². The molecule has 0 spiro atoms. The molecular formula is C18H16N2O4S2. The van der Waals surface area contributed by atoms with Crippen LogP contribution in [0.1, 0.15) is 23.0 Å². The highest BCUT2D eigenvalue weighted by atomic mass is 32.2. The first-order valence-electron chi connectivity index (χ1n) is 7.89. The molecule has 1 aliphatic rings. The zero-order valence-corrected chi connectivity index (χ0v) is 15.6. The third kappa shape index (κ3) is 3.97. The van der Waals surface area contributed by atoms with E-state index >= 15 is 0 Å². The first kappa shape index (κ1) is 18.2. The molecule has 0 atom stereocenters. The van der Waals surface area contributed by atoms with Crippen LogP contribution in [0, 0.1) is 0 Å². The average Bonchev–Trinajstić information content (AvgIpc) is 3.23. The van der Waals surface area contributed by atoms with Crippen LogP contribution in [0.2, 0.25) is 0 Å². The van der Waals surface area contributed by atoms with E-state index in [1.54, 1.807) is 55.7 Å². The first-order chi connectivity index (χ1) is 12.6. The van der Waals surface area contributed by atoms with Gasteiger partial charge in [0.25, 0.3) is 5.91 Å². The molecule has 1 fully saturated rings. The zero-order chi connectivity index (χ0) is 18.5. The van der Waals surface area contributed by atoms with Gasteiger partial charge in [-0.05, 0) is 31.2 Å². The van der Waals surface area contributed by atoms with E-state index in [4.69, 9.17) is 21.4 Å². The van der Waals surface area contributed by atoms with E-state index in [1.165, 1.54) is 16.7 Å². The average molecular weight is 388 g/mol. The smallest absolute Gasteiger partial charge is 0.340 e. The van der Waals surface area contributed by atoms with Gasteiger partial charge in [0.05, 0.1) is 35.7 Å². The van der Waals surface area contributed by atoms with Crippen LogP contribution in [0.25, 0.3) is 6.08 Å². The fourth-order valence-corrected chi connectivity index (χ4v) is 3.56. The van der Waals surface area contributed by atoms with Crippen molar-refractivity contribution >= 4 is 51.9 Å². The Morgan fingerprint density at radius 2 is 2.15 bits per heavy atom. The van der Waals surface area contributed by atoms with Crippen molar-refractivity contribution in [1.82, 2.24) is 4.90 Å². The van der Waals surface area contributed by atoms with Gasteiger partial charge >= 0.3 is 5.97 Å². The van der Waals surface area contributed by atoms with Gasteiger partial charge in [-0.2, -0.15) is 0 Å². The summed E-state index contributed by atoms with van der Waals surface area (Å²) in [7, 11) is 0. The molecule has 2 heterocycles. The Balaban J connectivity index is 1.72. The van der Waals surface area contributed by atoms with Crippen molar-refractivity contribution in [1.29, 1.82) is 0 Å². The number of benzene rings is 1. The summed E-state index contributed by atoms with van der Waals surface area (Å²) in [5.41, 5.74) is 0.987. The van der Waals surface area contributed by atoms with Gasteiger partial charge in [0, 0.05) is 6.08 Å². The van der Waals surface area contributed by atoms with Gasteiger partial charge in [-0.1, -0.05) is 36.1 Å². The zero-order valence-electron chi connectivity index (χ0n) is 13.9. The lowest BCUT2D eigenvalue weighted by molar-refractivity contribution is -0.121. The monoisotopic (exact) mass is 388 g/mol. The Morgan fingerprint density at radius 3 is 2.88 bits per heavy atom. The van der Waals surface area contributed by atoms with Crippen LogP contribution >= 0.6 is 24.0 Å². The number of carbonyl (C=O) groups is 2. The molecule has 2 aromatic rings. The van der Waals surface area contributed by atoms with Crippen molar-refractivity contribution in [2.24, 2.45) is 0 Å². The van der Waals surface area contributed by atoms with Gasteiger partial charge in [0.1, 0.15) is 10.1 Å². The number of hydrogen-bond acceptors (Lipinski definition) is 7. The van der Waals surface area contributed by atoms with Gasteiger partial charge < -0.3 is 14.5 Å². The normalized spacial score (nSPS) is 15.6. The van der Waals surface area contributed by atoms with E-state index in [0.717, 1.165) is 0 Å². The second kappa shape index (κ2) is 8.20. The molecule has 26 heavy (non-hydrogen) atoms. The van der Waals surface area contributed by atoms with Crippen LogP contribution in [-0.4, -0.2) is 34.4 Å². The molecule has 1 aliphatic heterocycles. The summed E-state index contributed by atoms with van der Waals surface area (Å²) in [6.45, 7) is 2.19. The Kier molecular flexibility index (Phi) is 5.75. The number of nitrogens with one attached hydrogen (secondary N) is 1. The summed E-state index contributed by atoms with van der Waals surface area (Å²) in [5.74, 6) is -0.0395. The number of anilines is 1. The summed E-state index contributed by atoms with van der Waals surface area (Å²) >= 11 is 6.51. The number of amides is 1. The predicted molar refractivity (Wildman–Crippen MR) is 105 cm³/mol. The van der Waals surface area contributed by atoms with Crippen molar-refractivity contribution in [3.63, 3.8) is 0 Å². The number of thioether (sulfide) groups is 1. The highest BCUT2D eigenvalue weighted by molar-refractivity contribution is 8.26. The highest BCUT2D eigenvalue weighted by Gasteiger charge is 2.32. The fourth-order valence-electron chi connectivity index (χ4n) is 2.33. The Hall–Kier alpha value is -2.58. The van der Waals surface area contributed by atoms with E-state index in [0.29, 0.717) is 32.8 Å². The molecule has 1 saturated heterocycles. The second-order valence-corrected chi connectivity index (χ2v) is 6.90. The van der Waals surface area contributed by atoms with Crippen LogP contribution in [0.5, 0.6) is 0 Å². The molecule has 0 unspecified atom stereocenters. The molecule has 1 N–H and O–H groups in total. The van der Waals surface area contributed by atoms with Crippen molar-refractivity contribution in [3.05, 3.63) is 58.9 Å². The molecule has 134 valence electrons. The number of para-hydroxylation sites is 1. The second-order valence-electron chi connectivity index (χ2n) is 5.23. The number of rotatable bonds is 6. The van der Waals surface area contributed by atoms with Gasteiger partial charge in [-0.15, -0.1) is 0 Å². The highest BCUT2D eigenvalue weighted by Crippen LogP contribution is 2.32. The summed E-state index contributed by atoms with van der Waals surface area (Å²) < 4.78 is 10.7. The first-order valence-corrected chi connectivity index (χ1v) is 9.11. The summed E-state index contributed by atoms with van der Waals surface area (Å²) in [5, 5.41) is 3.09. The van der Waals surface area contributed by atoms with Crippen molar-refractivity contribution in [2.75, 3.05) is 18.6 Å². The van der Waals surface area contributed by atoms with E-state index < -0.39 is 5.97 Å². The lowest BCUT2D eigenvalue weighted by Crippen LogP contribution is -2.33. The van der Waals surface area contributed by atoms with Crippen molar-refractivity contribution in [3.8, 4) is 0 Å². The molecule has 0 saturated carbocycles. The van der Waals surface area contributed by atoms with Crippen LogP contribution in [-0.2, 0) is 9.53 Å². The van der Waals surface area contributed by atoms with E-state index in [9.17, 15) is 9.59 Å². The molecule has 1 amide bonds. The maximum atomic E-state index is 12.6. The van der Waals surface area contributed by atoms with E-state index in [2.05, 4.69) is 5.32 Å². The Labute approximate surface area is 160 Å². The van der Waals surface area contributed by atoms with Crippen LogP contribution < -0.4 is 5.32 Å². The molecule has 3 rings (SSSR count). The van der Waals surface area contributed by atoms with Crippen molar-refractivity contribution in [2.45, 2.75) is 6.92 Å². The molecule has 6 nitrogen and oxygen atoms in total. The molecule has 1 aromatic heterocycles. The molecule has 8 heteroatoms. The summed E-state index contributed by atoms with van der Waals surface area (Å²) in [6, 6.07) is 10.5. The number of carbonyl (C=O) groups excluding carboxylic acids is 2. The lowest BCUT2D eigenvalue weighted by atomic mass is 10.2. The Bertz CT molecular complexity index is 862. The number of furan rings is 1. The summed E-state index contributed by atoms with van der Waals surface area (Å²) in [4.78, 5) is 26.5. The molecular weight excluding hydrogens is 372 g/mol.